The first-order valence-electron chi connectivity index (χ1n) is 6.97. The number of amidine groups is 1. The Morgan fingerprint density at radius 2 is 2.32 bits per heavy atom. The van der Waals surface area contributed by atoms with E-state index in [2.05, 4.69) is 22.0 Å². The zero-order valence-corrected chi connectivity index (χ0v) is 11.4. The average Bonchev–Trinajstić information content (AvgIpc) is 2.71. The van der Waals surface area contributed by atoms with Crippen molar-refractivity contribution in [2.24, 2.45) is 10.9 Å². The van der Waals surface area contributed by atoms with E-state index in [0.717, 1.165) is 18.7 Å². The standard InChI is InChI=1S/C14H22N4O/c1-2-11-6-4-3-5-9-18(11)12-7-8-13(16-10-12)14(15)17-19/h7-8,10-11,19H,2-6,9H2,1H3,(H2,15,17). The van der Waals surface area contributed by atoms with Crippen molar-refractivity contribution in [2.75, 3.05) is 11.4 Å². The van der Waals surface area contributed by atoms with Crippen molar-refractivity contribution in [2.45, 2.75) is 45.1 Å². The van der Waals surface area contributed by atoms with Crippen LogP contribution in [-0.2, 0) is 0 Å². The van der Waals surface area contributed by atoms with Gasteiger partial charge in [-0.05, 0) is 31.4 Å². The summed E-state index contributed by atoms with van der Waals surface area (Å²) in [6, 6.07) is 4.41. The van der Waals surface area contributed by atoms with Crippen LogP contribution in [0.15, 0.2) is 23.5 Å². The molecule has 2 heterocycles. The molecule has 0 radical (unpaired) electrons. The van der Waals surface area contributed by atoms with E-state index in [-0.39, 0.29) is 5.84 Å². The highest BCUT2D eigenvalue weighted by Gasteiger charge is 2.20. The molecule has 0 amide bonds. The third-order valence-electron chi connectivity index (χ3n) is 3.80. The van der Waals surface area contributed by atoms with Gasteiger partial charge in [-0.2, -0.15) is 0 Å². The molecule has 2 rings (SSSR count). The summed E-state index contributed by atoms with van der Waals surface area (Å²) in [6.45, 7) is 3.32. The van der Waals surface area contributed by atoms with Gasteiger partial charge in [0.25, 0.3) is 0 Å². The molecule has 1 saturated heterocycles. The van der Waals surface area contributed by atoms with Crippen LogP contribution in [0, 0.1) is 0 Å². The second kappa shape index (κ2) is 6.41. The van der Waals surface area contributed by atoms with E-state index in [1.807, 2.05) is 18.3 Å². The van der Waals surface area contributed by atoms with Crippen LogP contribution in [0.2, 0.25) is 0 Å². The third-order valence-corrected chi connectivity index (χ3v) is 3.80. The minimum Gasteiger partial charge on any atom is -0.409 e. The van der Waals surface area contributed by atoms with Crippen molar-refractivity contribution in [1.82, 2.24) is 4.98 Å². The van der Waals surface area contributed by atoms with Gasteiger partial charge in [-0.15, -0.1) is 0 Å². The van der Waals surface area contributed by atoms with Gasteiger partial charge in [0.1, 0.15) is 5.69 Å². The zero-order chi connectivity index (χ0) is 13.7. The van der Waals surface area contributed by atoms with E-state index in [0.29, 0.717) is 11.7 Å². The summed E-state index contributed by atoms with van der Waals surface area (Å²) < 4.78 is 0. The molecule has 5 nitrogen and oxygen atoms in total. The summed E-state index contributed by atoms with van der Waals surface area (Å²) >= 11 is 0. The van der Waals surface area contributed by atoms with E-state index in [1.54, 1.807) is 0 Å². The number of aromatic nitrogens is 1. The molecule has 5 heteroatoms. The highest BCUT2D eigenvalue weighted by molar-refractivity contribution is 5.95. The smallest absolute Gasteiger partial charge is 0.188 e. The lowest BCUT2D eigenvalue weighted by atomic mass is 10.1. The Kier molecular flexibility index (Phi) is 4.60. The van der Waals surface area contributed by atoms with Crippen molar-refractivity contribution >= 4 is 11.5 Å². The molecule has 0 bridgehead atoms. The number of rotatable bonds is 3. The molecule has 19 heavy (non-hydrogen) atoms. The normalized spacial score (nSPS) is 21.2. The fourth-order valence-corrected chi connectivity index (χ4v) is 2.70. The first kappa shape index (κ1) is 13.6. The molecule has 1 atom stereocenters. The van der Waals surface area contributed by atoms with Crippen LogP contribution in [0.5, 0.6) is 0 Å². The van der Waals surface area contributed by atoms with E-state index in [1.165, 1.54) is 25.7 Å². The van der Waals surface area contributed by atoms with Crippen LogP contribution in [-0.4, -0.2) is 28.6 Å². The summed E-state index contributed by atoms with van der Waals surface area (Å²) in [7, 11) is 0. The second-order valence-corrected chi connectivity index (χ2v) is 4.99. The van der Waals surface area contributed by atoms with Crippen molar-refractivity contribution in [3.63, 3.8) is 0 Å². The fraction of sp³-hybridized carbons (Fsp3) is 0.571. The zero-order valence-electron chi connectivity index (χ0n) is 11.4. The first-order valence-corrected chi connectivity index (χ1v) is 6.97. The monoisotopic (exact) mass is 262 g/mol. The SMILES string of the molecule is CCC1CCCCCN1c1ccc(/C(N)=N/O)nc1. The molecular weight excluding hydrogens is 240 g/mol. The number of hydrogen-bond acceptors (Lipinski definition) is 4. The predicted molar refractivity (Wildman–Crippen MR) is 76.6 cm³/mol. The minimum atomic E-state index is 0.0504. The lowest BCUT2D eigenvalue weighted by molar-refractivity contribution is 0.318. The maximum Gasteiger partial charge on any atom is 0.188 e. The van der Waals surface area contributed by atoms with E-state index in [4.69, 9.17) is 10.9 Å². The fourth-order valence-electron chi connectivity index (χ4n) is 2.70. The van der Waals surface area contributed by atoms with Crippen LogP contribution in [0.1, 0.15) is 44.7 Å². The largest absolute Gasteiger partial charge is 0.409 e. The Hall–Kier alpha value is -1.78. The van der Waals surface area contributed by atoms with Crippen molar-refractivity contribution in [1.29, 1.82) is 0 Å². The van der Waals surface area contributed by atoms with Gasteiger partial charge in [0.15, 0.2) is 5.84 Å². The molecule has 0 aromatic carbocycles. The van der Waals surface area contributed by atoms with Crippen LogP contribution in [0.3, 0.4) is 0 Å². The Labute approximate surface area is 114 Å². The topological polar surface area (TPSA) is 74.7 Å². The van der Waals surface area contributed by atoms with Crippen molar-refractivity contribution < 1.29 is 5.21 Å². The molecule has 1 unspecified atom stereocenters. The third kappa shape index (κ3) is 3.16. The van der Waals surface area contributed by atoms with Gasteiger partial charge in [-0.1, -0.05) is 24.9 Å². The number of nitrogens with two attached hydrogens (primary N) is 1. The summed E-state index contributed by atoms with van der Waals surface area (Å²) in [5, 5.41) is 11.6. The molecule has 1 aliphatic rings. The quantitative estimate of drug-likeness (QED) is 0.379. The van der Waals surface area contributed by atoms with E-state index in [9.17, 15) is 0 Å². The maximum atomic E-state index is 8.64. The number of nitrogens with zero attached hydrogens (tertiary/aromatic N) is 3. The number of hydrogen-bond donors (Lipinski definition) is 2. The number of anilines is 1. The summed E-state index contributed by atoms with van der Waals surface area (Å²) in [6.07, 6.45) is 8.08. The highest BCUT2D eigenvalue weighted by atomic mass is 16.4. The van der Waals surface area contributed by atoms with Crippen molar-refractivity contribution in [3.05, 3.63) is 24.0 Å². The molecule has 1 aromatic rings. The van der Waals surface area contributed by atoms with E-state index < -0.39 is 0 Å². The molecule has 1 aromatic heterocycles. The lowest BCUT2D eigenvalue weighted by Crippen LogP contribution is -2.34. The first-order chi connectivity index (χ1) is 9.26. The van der Waals surface area contributed by atoms with E-state index >= 15 is 0 Å². The minimum absolute atomic E-state index is 0.0504. The molecule has 1 aliphatic heterocycles. The lowest BCUT2D eigenvalue weighted by Gasteiger charge is -2.31. The molecule has 104 valence electrons. The van der Waals surface area contributed by atoms with Crippen LogP contribution >= 0.6 is 0 Å². The van der Waals surface area contributed by atoms with Gasteiger partial charge in [0.2, 0.25) is 0 Å². The Balaban J connectivity index is 2.19. The van der Waals surface area contributed by atoms with Gasteiger partial charge in [-0.3, -0.25) is 4.98 Å². The molecule has 0 aliphatic carbocycles. The van der Waals surface area contributed by atoms with Gasteiger partial charge in [-0.25, -0.2) is 0 Å². The Morgan fingerprint density at radius 3 is 2.95 bits per heavy atom. The molecular formula is C14H22N4O. The number of oxime groups is 1. The summed E-state index contributed by atoms with van der Waals surface area (Å²) in [4.78, 5) is 6.71. The van der Waals surface area contributed by atoms with Gasteiger partial charge >= 0.3 is 0 Å². The van der Waals surface area contributed by atoms with Gasteiger partial charge < -0.3 is 15.8 Å². The van der Waals surface area contributed by atoms with Crippen molar-refractivity contribution in [3.8, 4) is 0 Å². The Morgan fingerprint density at radius 1 is 1.47 bits per heavy atom. The summed E-state index contributed by atoms with van der Waals surface area (Å²) in [5.74, 6) is 0.0504. The molecule has 0 saturated carbocycles. The highest BCUT2D eigenvalue weighted by Crippen LogP contribution is 2.25. The summed E-state index contributed by atoms with van der Waals surface area (Å²) in [5.41, 5.74) is 7.16. The molecule has 0 spiro atoms. The maximum absolute atomic E-state index is 8.64. The van der Waals surface area contributed by atoms with Crippen LogP contribution in [0.25, 0.3) is 0 Å². The van der Waals surface area contributed by atoms with Gasteiger partial charge in [0, 0.05) is 12.6 Å². The van der Waals surface area contributed by atoms with Crippen LogP contribution < -0.4 is 10.6 Å². The predicted octanol–water partition coefficient (Wildman–Crippen LogP) is 2.34. The van der Waals surface area contributed by atoms with Gasteiger partial charge in [0.05, 0.1) is 11.9 Å². The second-order valence-electron chi connectivity index (χ2n) is 4.99. The Bertz CT molecular complexity index is 430. The number of pyridine rings is 1. The molecule has 3 N–H and O–H groups in total. The molecule has 1 fully saturated rings. The van der Waals surface area contributed by atoms with Crippen LogP contribution in [0.4, 0.5) is 5.69 Å². The average molecular weight is 262 g/mol.